The molecule has 0 saturated carbocycles. The van der Waals surface area contributed by atoms with Crippen LogP contribution in [-0.4, -0.2) is 23.1 Å². The van der Waals surface area contributed by atoms with E-state index in [9.17, 15) is 14.0 Å². The lowest BCUT2D eigenvalue weighted by Crippen LogP contribution is -2.43. The number of aliphatic carboxylic acids is 1. The SMILES string of the molecule is Cc1ccc(F)cc1NC(=O)NC(CC(C)C)C(=O)O. The molecular weight excluding hydrogens is 263 g/mol. The standard InChI is InChI=1S/C14H19FN2O3/c1-8(2)6-12(13(18)19)17-14(20)16-11-7-10(15)5-4-9(11)3/h4-5,7-8,12H,6H2,1-3H3,(H,18,19)(H2,16,17,20). The summed E-state index contributed by atoms with van der Waals surface area (Å²) < 4.78 is 13.1. The van der Waals surface area contributed by atoms with Gasteiger partial charge in [0.1, 0.15) is 11.9 Å². The van der Waals surface area contributed by atoms with Gasteiger partial charge in [-0.25, -0.2) is 14.0 Å². The monoisotopic (exact) mass is 282 g/mol. The first-order chi connectivity index (χ1) is 9.29. The van der Waals surface area contributed by atoms with Crippen molar-refractivity contribution in [2.24, 2.45) is 5.92 Å². The average molecular weight is 282 g/mol. The summed E-state index contributed by atoms with van der Waals surface area (Å²) in [5.41, 5.74) is 1.01. The van der Waals surface area contributed by atoms with Crippen LogP contribution in [0.3, 0.4) is 0 Å². The van der Waals surface area contributed by atoms with Gasteiger partial charge in [-0.2, -0.15) is 0 Å². The number of carbonyl (C=O) groups is 2. The number of carboxylic acids is 1. The van der Waals surface area contributed by atoms with Crippen molar-refractivity contribution in [3.8, 4) is 0 Å². The Bertz CT molecular complexity index is 503. The highest BCUT2D eigenvalue weighted by Gasteiger charge is 2.21. The Morgan fingerprint density at radius 1 is 1.35 bits per heavy atom. The van der Waals surface area contributed by atoms with Gasteiger partial charge in [-0.15, -0.1) is 0 Å². The molecule has 1 aromatic carbocycles. The van der Waals surface area contributed by atoms with Crippen molar-refractivity contribution in [2.45, 2.75) is 33.2 Å². The minimum Gasteiger partial charge on any atom is -0.480 e. The molecule has 110 valence electrons. The van der Waals surface area contributed by atoms with Gasteiger partial charge < -0.3 is 15.7 Å². The maximum Gasteiger partial charge on any atom is 0.326 e. The van der Waals surface area contributed by atoms with Crippen molar-refractivity contribution in [3.05, 3.63) is 29.6 Å². The number of nitrogens with one attached hydrogen (secondary N) is 2. The van der Waals surface area contributed by atoms with E-state index in [1.54, 1.807) is 6.92 Å². The van der Waals surface area contributed by atoms with Crippen LogP contribution in [-0.2, 0) is 4.79 Å². The van der Waals surface area contributed by atoms with E-state index in [2.05, 4.69) is 10.6 Å². The van der Waals surface area contributed by atoms with Gasteiger partial charge in [0.05, 0.1) is 0 Å². The van der Waals surface area contributed by atoms with Crippen molar-refractivity contribution < 1.29 is 19.1 Å². The van der Waals surface area contributed by atoms with Crippen molar-refractivity contribution in [1.82, 2.24) is 5.32 Å². The molecule has 0 spiro atoms. The number of benzene rings is 1. The van der Waals surface area contributed by atoms with Crippen LogP contribution in [0.1, 0.15) is 25.8 Å². The van der Waals surface area contributed by atoms with Gasteiger partial charge in [-0.05, 0) is 37.0 Å². The lowest BCUT2D eigenvalue weighted by Gasteiger charge is -2.17. The van der Waals surface area contributed by atoms with E-state index in [0.29, 0.717) is 17.7 Å². The van der Waals surface area contributed by atoms with Crippen LogP contribution in [0.4, 0.5) is 14.9 Å². The van der Waals surface area contributed by atoms with E-state index in [-0.39, 0.29) is 5.92 Å². The molecule has 1 unspecified atom stereocenters. The zero-order chi connectivity index (χ0) is 15.3. The molecule has 0 radical (unpaired) electrons. The van der Waals surface area contributed by atoms with Crippen LogP contribution in [0, 0.1) is 18.7 Å². The second kappa shape index (κ2) is 6.88. The largest absolute Gasteiger partial charge is 0.480 e. The normalized spacial score (nSPS) is 12.1. The number of amides is 2. The zero-order valence-electron chi connectivity index (χ0n) is 11.7. The summed E-state index contributed by atoms with van der Waals surface area (Å²) in [5, 5.41) is 13.9. The van der Waals surface area contributed by atoms with E-state index in [4.69, 9.17) is 5.11 Å². The first kappa shape index (κ1) is 15.9. The number of carboxylic acid groups (broad SMARTS) is 1. The number of aryl methyl sites for hydroxylation is 1. The molecule has 1 rings (SSSR count). The average Bonchev–Trinajstić information content (AvgIpc) is 2.32. The van der Waals surface area contributed by atoms with Gasteiger partial charge in [0.2, 0.25) is 0 Å². The van der Waals surface area contributed by atoms with Gasteiger partial charge in [-0.3, -0.25) is 0 Å². The predicted octanol–water partition coefficient (Wildman–Crippen LogP) is 2.75. The molecule has 1 atom stereocenters. The fourth-order valence-electron chi connectivity index (χ4n) is 1.74. The number of hydrogen-bond donors (Lipinski definition) is 3. The molecule has 0 bridgehead atoms. The highest BCUT2D eigenvalue weighted by molar-refractivity contribution is 5.92. The molecule has 0 aromatic heterocycles. The molecule has 0 saturated heterocycles. The molecule has 0 aliphatic rings. The molecule has 6 heteroatoms. The Morgan fingerprint density at radius 2 is 2.00 bits per heavy atom. The molecule has 3 N–H and O–H groups in total. The van der Waals surface area contributed by atoms with Crippen molar-refractivity contribution in [2.75, 3.05) is 5.32 Å². The van der Waals surface area contributed by atoms with Crippen LogP contribution in [0.5, 0.6) is 0 Å². The lowest BCUT2D eigenvalue weighted by atomic mass is 10.0. The third kappa shape index (κ3) is 4.87. The Hall–Kier alpha value is -2.11. The number of hydrogen-bond acceptors (Lipinski definition) is 2. The minimum absolute atomic E-state index is 0.132. The van der Waals surface area contributed by atoms with Crippen molar-refractivity contribution in [3.63, 3.8) is 0 Å². The maximum atomic E-state index is 13.1. The highest BCUT2D eigenvalue weighted by atomic mass is 19.1. The van der Waals surface area contributed by atoms with Crippen LogP contribution >= 0.6 is 0 Å². The Morgan fingerprint density at radius 3 is 2.55 bits per heavy atom. The minimum atomic E-state index is -1.09. The zero-order valence-corrected chi connectivity index (χ0v) is 11.7. The fraction of sp³-hybridized carbons (Fsp3) is 0.429. The Labute approximate surface area is 117 Å². The van der Waals surface area contributed by atoms with Gasteiger partial charge in [0, 0.05) is 5.69 Å². The van der Waals surface area contributed by atoms with E-state index in [1.807, 2.05) is 13.8 Å². The summed E-state index contributed by atoms with van der Waals surface area (Å²) in [6, 6.07) is 2.38. The van der Waals surface area contributed by atoms with E-state index >= 15 is 0 Å². The second-order valence-corrected chi connectivity index (χ2v) is 5.08. The molecule has 1 aromatic rings. The molecule has 2 amide bonds. The number of halogens is 1. The molecular formula is C14H19FN2O3. The number of urea groups is 1. The Balaban J connectivity index is 2.70. The second-order valence-electron chi connectivity index (χ2n) is 5.08. The first-order valence-electron chi connectivity index (χ1n) is 6.36. The van der Waals surface area contributed by atoms with Gasteiger partial charge >= 0.3 is 12.0 Å². The summed E-state index contributed by atoms with van der Waals surface area (Å²) in [5.74, 6) is -1.43. The Kier molecular flexibility index (Phi) is 5.49. The summed E-state index contributed by atoms with van der Waals surface area (Å²) in [7, 11) is 0. The van der Waals surface area contributed by atoms with E-state index in [0.717, 1.165) is 0 Å². The molecule has 0 heterocycles. The number of rotatable bonds is 5. The summed E-state index contributed by atoms with van der Waals surface area (Å²) in [6.07, 6.45) is 0.324. The van der Waals surface area contributed by atoms with E-state index in [1.165, 1.54) is 18.2 Å². The quantitative estimate of drug-likeness (QED) is 0.777. The van der Waals surface area contributed by atoms with Gasteiger partial charge in [0.15, 0.2) is 0 Å². The third-order valence-corrected chi connectivity index (χ3v) is 2.76. The highest BCUT2D eigenvalue weighted by Crippen LogP contribution is 2.16. The molecule has 5 nitrogen and oxygen atoms in total. The van der Waals surface area contributed by atoms with E-state index < -0.39 is 23.9 Å². The van der Waals surface area contributed by atoms with Crippen LogP contribution in [0.25, 0.3) is 0 Å². The predicted molar refractivity (Wildman–Crippen MR) is 74.2 cm³/mol. The maximum absolute atomic E-state index is 13.1. The summed E-state index contributed by atoms with van der Waals surface area (Å²) in [6.45, 7) is 5.45. The van der Waals surface area contributed by atoms with Crippen LogP contribution < -0.4 is 10.6 Å². The lowest BCUT2D eigenvalue weighted by molar-refractivity contribution is -0.139. The summed E-state index contributed by atoms with van der Waals surface area (Å²) in [4.78, 5) is 22.8. The number of carbonyl (C=O) groups excluding carboxylic acids is 1. The topological polar surface area (TPSA) is 78.4 Å². The van der Waals surface area contributed by atoms with Gasteiger partial charge in [-0.1, -0.05) is 19.9 Å². The number of anilines is 1. The van der Waals surface area contributed by atoms with Gasteiger partial charge in [0.25, 0.3) is 0 Å². The van der Waals surface area contributed by atoms with Crippen molar-refractivity contribution >= 4 is 17.7 Å². The summed E-state index contributed by atoms with van der Waals surface area (Å²) >= 11 is 0. The first-order valence-corrected chi connectivity index (χ1v) is 6.36. The van der Waals surface area contributed by atoms with Crippen LogP contribution in [0.15, 0.2) is 18.2 Å². The molecule has 0 aliphatic heterocycles. The molecule has 0 aliphatic carbocycles. The molecule has 20 heavy (non-hydrogen) atoms. The molecule has 0 fully saturated rings. The van der Waals surface area contributed by atoms with Crippen LogP contribution in [0.2, 0.25) is 0 Å². The third-order valence-electron chi connectivity index (χ3n) is 2.76. The smallest absolute Gasteiger partial charge is 0.326 e. The fourth-order valence-corrected chi connectivity index (χ4v) is 1.74. The van der Waals surface area contributed by atoms with Crippen molar-refractivity contribution in [1.29, 1.82) is 0 Å².